The molecule has 1 aromatic rings. The molecule has 1 saturated carbocycles. The first-order chi connectivity index (χ1) is 8.22. The fourth-order valence-electron chi connectivity index (χ4n) is 1.88. The Balaban J connectivity index is 2.03. The summed E-state index contributed by atoms with van der Waals surface area (Å²) >= 11 is 12.1. The van der Waals surface area contributed by atoms with Gasteiger partial charge in [-0.3, -0.25) is 0 Å². The van der Waals surface area contributed by atoms with Gasteiger partial charge in [-0.05, 0) is 50.9 Å². The van der Waals surface area contributed by atoms with Crippen molar-refractivity contribution in [2.75, 3.05) is 13.6 Å². The number of hydrogen-bond donors (Lipinski definition) is 1. The Kier molecular flexibility index (Phi) is 4.55. The lowest BCUT2D eigenvalue weighted by molar-refractivity contribution is 0.168. The first-order valence-electron chi connectivity index (χ1n) is 5.97. The zero-order valence-corrected chi connectivity index (χ0v) is 11.4. The summed E-state index contributed by atoms with van der Waals surface area (Å²) in [5.41, 5.74) is 0. The summed E-state index contributed by atoms with van der Waals surface area (Å²) in [5.74, 6) is 1.38. The standard InChI is InChI=1S/C13H17Cl2NO/c1-16-8-7-11(9-5-6-9)17-12-4-2-3-10(14)13(12)15/h2-4,9,11,16H,5-8H2,1H3. The highest BCUT2D eigenvalue weighted by Gasteiger charge is 2.32. The summed E-state index contributed by atoms with van der Waals surface area (Å²) < 4.78 is 6.00. The van der Waals surface area contributed by atoms with Gasteiger partial charge in [-0.15, -0.1) is 0 Å². The van der Waals surface area contributed by atoms with E-state index in [0.717, 1.165) is 13.0 Å². The van der Waals surface area contributed by atoms with Gasteiger partial charge in [0.15, 0.2) is 0 Å². The second kappa shape index (κ2) is 5.94. The average Bonchev–Trinajstić information content (AvgIpc) is 3.14. The zero-order valence-electron chi connectivity index (χ0n) is 9.88. The predicted molar refractivity (Wildman–Crippen MR) is 72.1 cm³/mol. The molecule has 0 saturated heterocycles. The van der Waals surface area contributed by atoms with Gasteiger partial charge < -0.3 is 10.1 Å². The zero-order chi connectivity index (χ0) is 12.3. The van der Waals surface area contributed by atoms with Gasteiger partial charge in [0.2, 0.25) is 0 Å². The molecular weight excluding hydrogens is 257 g/mol. The minimum Gasteiger partial charge on any atom is -0.488 e. The normalized spacial score (nSPS) is 16.9. The van der Waals surface area contributed by atoms with Crippen molar-refractivity contribution in [2.45, 2.75) is 25.4 Å². The van der Waals surface area contributed by atoms with Gasteiger partial charge in [0, 0.05) is 0 Å². The van der Waals surface area contributed by atoms with Crippen LogP contribution in [-0.2, 0) is 0 Å². The van der Waals surface area contributed by atoms with E-state index in [1.807, 2.05) is 19.2 Å². The fourth-order valence-corrected chi connectivity index (χ4v) is 2.22. The molecule has 1 atom stereocenters. The highest BCUT2D eigenvalue weighted by Crippen LogP contribution is 2.39. The van der Waals surface area contributed by atoms with Gasteiger partial charge in [-0.2, -0.15) is 0 Å². The number of ether oxygens (including phenoxy) is 1. The molecule has 4 heteroatoms. The molecule has 1 aliphatic rings. The number of hydrogen-bond acceptors (Lipinski definition) is 2. The predicted octanol–water partition coefficient (Wildman–Crippen LogP) is 3.76. The minimum absolute atomic E-state index is 0.249. The molecule has 1 unspecified atom stereocenters. The highest BCUT2D eigenvalue weighted by atomic mass is 35.5. The molecule has 1 aliphatic carbocycles. The Labute approximate surface area is 112 Å². The van der Waals surface area contributed by atoms with Crippen LogP contribution in [0.15, 0.2) is 18.2 Å². The molecular formula is C13H17Cl2NO. The molecule has 0 radical (unpaired) electrons. The van der Waals surface area contributed by atoms with Crippen LogP contribution in [0, 0.1) is 5.92 Å². The first kappa shape index (κ1) is 13.0. The topological polar surface area (TPSA) is 21.3 Å². The third kappa shape index (κ3) is 3.51. The van der Waals surface area contributed by atoms with Crippen LogP contribution in [0.2, 0.25) is 10.0 Å². The van der Waals surface area contributed by atoms with Gasteiger partial charge >= 0.3 is 0 Å². The van der Waals surface area contributed by atoms with E-state index in [1.54, 1.807) is 6.07 Å². The van der Waals surface area contributed by atoms with E-state index >= 15 is 0 Å². The van der Waals surface area contributed by atoms with Gasteiger partial charge in [-0.1, -0.05) is 29.3 Å². The maximum Gasteiger partial charge on any atom is 0.139 e. The second-order valence-electron chi connectivity index (χ2n) is 4.44. The first-order valence-corrected chi connectivity index (χ1v) is 6.73. The Bertz CT molecular complexity index is 380. The van der Waals surface area contributed by atoms with Crippen LogP contribution < -0.4 is 10.1 Å². The van der Waals surface area contributed by atoms with E-state index in [1.165, 1.54) is 12.8 Å². The summed E-state index contributed by atoms with van der Waals surface area (Å²) in [5, 5.41) is 4.22. The highest BCUT2D eigenvalue weighted by molar-refractivity contribution is 6.42. The maximum atomic E-state index is 6.12. The molecule has 0 aliphatic heterocycles. The monoisotopic (exact) mass is 273 g/mol. The second-order valence-corrected chi connectivity index (χ2v) is 5.22. The maximum absolute atomic E-state index is 6.12. The summed E-state index contributed by atoms with van der Waals surface area (Å²) in [6, 6.07) is 5.52. The molecule has 0 aromatic heterocycles. The number of rotatable bonds is 6. The van der Waals surface area contributed by atoms with Crippen LogP contribution in [0.25, 0.3) is 0 Å². The van der Waals surface area contributed by atoms with Crippen LogP contribution in [0.4, 0.5) is 0 Å². The van der Waals surface area contributed by atoms with E-state index in [4.69, 9.17) is 27.9 Å². The van der Waals surface area contributed by atoms with Gasteiger partial charge in [0.1, 0.15) is 16.9 Å². The molecule has 2 nitrogen and oxygen atoms in total. The van der Waals surface area contributed by atoms with Crippen molar-refractivity contribution in [1.82, 2.24) is 5.32 Å². The van der Waals surface area contributed by atoms with Gasteiger partial charge in [-0.25, -0.2) is 0 Å². The Morgan fingerprint density at radius 3 is 2.82 bits per heavy atom. The molecule has 0 amide bonds. The molecule has 0 spiro atoms. The van der Waals surface area contributed by atoms with Gasteiger partial charge in [0.05, 0.1) is 5.02 Å². The van der Waals surface area contributed by atoms with Crippen molar-refractivity contribution in [3.05, 3.63) is 28.2 Å². The Morgan fingerprint density at radius 1 is 1.41 bits per heavy atom. The molecule has 0 heterocycles. The molecule has 1 N–H and O–H groups in total. The van der Waals surface area contributed by atoms with Crippen LogP contribution in [0.3, 0.4) is 0 Å². The largest absolute Gasteiger partial charge is 0.488 e. The number of halogens is 2. The Hall–Kier alpha value is -0.440. The van der Waals surface area contributed by atoms with E-state index < -0.39 is 0 Å². The van der Waals surface area contributed by atoms with Crippen molar-refractivity contribution in [3.8, 4) is 5.75 Å². The quantitative estimate of drug-likeness (QED) is 0.852. The van der Waals surface area contributed by atoms with E-state index in [2.05, 4.69) is 5.32 Å². The fraction of sp³-hybridized carbons (Fsp3) is 0.538. The van der Waals surface area contributed by atoms with Gasteiger partial charge in [0.25, 0.3) is 0 Å². The molecule has 17 heavy (non-hydrogen) atoms. The van der Waals surface area contributed by atoms with Crippen molar-refractivity contribution in [1.29, 1.82) is 0 Å². The molecule has 94 valence electrons. The number of benzene rings is 1. The summed E-state index contributed by atoms with van der Waals surface area (Å²) in [4.78, 5) is 0. The van der Waals surface area contributed by atoms with Crippen LogP contribution in [0.1, 0.15) is 19.3 Å². The van der Waals surface area contributed by atoms with Crippen LogP contribution in [0.5, 0.6) is 5.75 Å². The lowest BCUT2D eigenvalue weighted by atomic mass is 10.1. The Morgan fingerprint density at radius 2 is 2.18 bits per heavy atom. The van der Waals surface area contributed by atoms with Crippen LogP contribution in [-0.4, -0.2) is 19.7 Å². The molecule has 2 rings (SSSR count). The van der Waals surface area contributed by atoms with Crippen molar-refractivity contribution < 1.29 is 4.74 Å². The molecule has 0 bridgehead atoms. The minimum atomic E-state index is 0.249. The lowest BCUT2D eigenvalue weighted by Crippen LogP contribution is -2.24. The summed E-state index contributed by atoms with van der Waals surface area (Å²) in [6.07, 6.45) is 3.77. The van der Waals surface area contributed by atoms with E-state index in [9.17, 15) is 0 Å². The smallest absolute Gasteiger partial charge is 0.139 e. The average molecular weight is 274 g/mol. The third-order valence-corrected chi connectivity index (χ3v) is 3.82. The lowest BCUT2D eigenvalue weighted by Gasteiger charge is -2.19. The van der Waals surface area contributed by atoms with Crippen molar-refractivity contribution >= 4 is 23.2 Å². The summed E-state index contributed by atoms with van der Waals surface area (Å²) in [6.45, 7) is 0.958. The van der Waals surface area contributed by atoms with Crippen molar-refractivity contribution in [2.24, 2.45) is 5.92 Å². The molecule has 1 aromatic carbocycles. The third-order valence-electron chi connectivity index (χ3n) is 3.02. The van der Waals surface area contributed by atoms with Crippen LogP contribution >= 0.6 is 23.2 Å². The summed E-state index contributed by atoms with van der Waals surface area (Å²) in [7, 11) is 1.95. The van der Waals surface area contributed by atoms with E-state index in [0.29, 0.717) is 21.7 Å². The molecule has 1 fully saturated rings. The van der Waals surface area contributed by atoms with Crippen molar-refractivity contribution in [3.63, 3.8) is 0 Å². The SMILES string of the molecule is CNCCC(Oc1cccc(Cl)c1Cl)C1CC1. The van der Waals surface area contributed by atoms with E-state index in [-0.39, 0.29) is 6.10 Å². The number of nitrogens with one attached hydrogen (secondary N) is 1.